The lowest BCUT2D eigenvalue weighted by Gasteiger charge is -2.25. The second kappa shape index (κ2) is 7.75. The van der Waals surface area contributed by atoms with Crippen molar-refractivity contribution in [2.24, 2.45) is 0 Å². The summed E-state index contributed by atoms with van der Waals surface area (Å²) in [6, 6.07) is 14.1. The maximum atomic E-state index is 12.6. The number of amides is 5. The second-order valence-corrected chi connectivity index (χ2v) is 7.13. The Labute approximate surface area is 167 Å². The molecule has 0 bridgehead atoms. The van der Waals surface area contributed by atoms with E-state index in [0.717, 1.165) is 21.7 Å². The molecule has 2 aliphatic rings. The smallest absolute Gasteiger partial charge is 0.324 e. The number of urea groups is 1. The number of anilines is 2. The van der Waals surface area contributed by atoms with Crippen LogP contribution in [0.15, 0.2) is 48.5 Å². The Balaban J connectivity index is 1.42. The van der Waals surface area contributed by atoms with Gasteiger partial charge in [-0.1, -0.05) is 30.3 Å². The molecule has 0 aliphatic carbocycles. The van der Waals surface area contributed by atoms with Gasteiger partial charge in [0.15, 0.2) is 0 Å². The van der Waals surface area contributed by atoms with Gasteiger partial charge < -0.3 is 16.0 Å². The lowest BCUT2D eigenvalue weighted by Crippen LogP contribution is -2.30. The Hall–Kier alpha value is -3.68. The van der Waals surface area contributed by atoms with Gasteiger partial charge in [-0.15, -0.1) is 0 Å². The van der Waals surface area contributed by atoms with Crippen molar-refractivity contribution < 1.29 is 19.2 Å². The molecule has 2 aliphatic heterocycles. The third kappa shape index (κ3) is 4.11. The van der Waals surface area contributed by atoms with Gasteiger partial charge in [0.25, 0.3) is 0 Å². The molecule has 1 fully saturated rings. The van der Waals surface area contributed by atoms with E-state index in [1.807, 2.05) is 24.3 Å². The van der Waals surface area contributed by atoms with Crippen molar-refractivity contribution in [3.63, 3.8) is 0 Å². The lowest BCUT2D eigenvalue weighted by atomic mass is 9.88. The van der Waals surface area contributed by atoms with E-state index in [4.69, 9.17) is 0 Å². The van der Waals surface area contributed by atoms with Crippen LogP contribution in [0.1, 0.15) is 29.9 Å². The number of imide groups is 1. The van der Waals surface area contributed by atoms with E-state index in [0.29, 0.717) is 5.69 Å². The Morgan fingerprint density at radius 2 is 1.93 bits per heavy atom. The van der Waals surface area contributed by atoms with Gasteiger partial charge in [0.05, 0.1) is 13.1 Å². The average Bonchev–Trinajstić information content (AvgIpc) is 3.00. The van der Waals surface area contributed by atoms with Crippen LogP contribution < -0.4 is 16.0 Å². The summed E-state index contributed by atoms with van der Waals surface area (Å²) < 4.78 is 0. The largest absolute Gasteiger partial charge is 0.329 e. The minimum Gasteiger partial charge on any atom is -0.329 e. The number of carbonyl (C=O) groups is 4. The minimum absolute atomic E-state index is 0.00565. The molecule has 148 valence electrons. The van der Waals surface area contributed by atoms with Crippen molar-refractivity contribution in [2.75, 3.05) is 17.2 Å². The molecular formula is C21H20N4O4. The molecule has 4 rings (SSSR count). The first-order chi connectivity index (χ1) is 14.0. The minimum atomic E-state index is -0.418. The highest BCUT2D eigenvalue weighted by Gasteiger charge is 2.29. The van der Waals surface area contributed by atoms with Crippen LogP contribution in [0.25, 0.3) is 0 Å². The van der Waals surface area contributed by atoms with Crippen molar-refractivity contribution in [3.8, 4) is 0 Å². The number of fused-ring (bicyclic) bond motifs is 1. The van der Waals surface area contributed by atoms with Crippen LogP contribution in [-0.2, 0) is 20.9 Å². The summed E-state index contributed by atoms with van der Waals surface area (Å²) >= 11 is 0. The van der Waals surface area contributed by atoms with Gasteiger partial charge in [0.2, 0.25) is 17.7 Å². The lowest BCUT2D eigenvalue weighted by molar-refractivity contribution is -0.125. The van der Waals surface area contributed by atoms with Gasteiger partial charge in [-0.05, 0) is 29.3 Å². The quantitative estimate of drug-likeness (QED) is 0.678. The molecule has 1 unspecified atom stereocenters. The number of benzene rings is 2. The molecule has 2 heterocycles. The Kier molecular flexibility index (Phi) is 4.99. The van der Waals surface area contributed by atoms with Crippen LogP contribution in [-0.4, -0.2) is 35.2 Å². The highest BCUT2D eigenvalue weighted by molar-refractivity contribution is 6.02. The molecule has 2 aromatic rings. The molecule has 0 radical (unpaired) electrons. The number of rotatable bonds is 5. The Bertz CT molecular complexity index is 988. The molecule has 29 heavy (non-hydrogen) atoms. The summed E-state index contributed by atoms with van der Waals surface area (Å²) in [5.74, 6) is -0.767. The van der Waals surface area contributed by atoms with E-state index in [2.05, 4.69) is 16.0 Å². The fourth-order valence-corrected chi connectivity index (χ4v) is 3.67. The first kappa shape index (κ1) is 18.7. The number of hydrogen-bond donors (Lipinski definition) is 3. The highest BCUT2D eigenvalue weighted by Crippen LogP contribution is 2.34. The van der Waals surface area contributed by atoms with E-state index in [-0.39, 0.29) is 49.6 Å². The maximum absolute atomic E-state index is 12.6. The normalized spacial score (nSPS) is 18.1. The molecule has 8 heteroatoms. The predicted molar refractivity (Wildman–Crippen MR) is 106 cm³/mol. The number of nitrogens with one attached hydrogen (secondary N) is 3. The van der Waals surface area contributed by atoms with Gasteiger partial charge >= 0.3 is 6.03 Å². The van der Waals surface area contributed by atoms with E-state index in [9.17, 15) is 19.2 Å². The second-order valence-electron chi connectivity index (χ2n) is 7.13. The molecule has 8 nitrogen and oxygen atoms in total. The van der Waals surface area contributed by atoms with E-state index >= 15 is 0 Å². The number of carbonyl (C=O) groups excluding carboxylic acids is 4. The predicted octanol–water partition coefficient (Wildman–Crippen LogP) is 2.19. The average molecular weight is 392 g/mol. The van der Waals surface area contributed by atoms with E-state index in [1.165, 1.54) is 0 Å². The van der Waals surface area contributed by atoms with Crippen LogP contribution in [0.3, 0.4) is 0 Å². The van der Waals surface area contributed by atoms with Crippen molar-refractivity contribution in [1.82, 2.24) is 10.2 Å². The zero-order valence-electron chi connectivity index (χ0n) is 15.6. The fourth-order valence-electron chi connectivity index (χ4n) is 3.67. The summed E-state index contributed by atoms with van der Waals surface area (Å²) in [5.41, 5.74) is 3.01. The third-order valence-corrected chi connectivity index (χ3v) is 5.03. The van der Waals surface area contributed by atoms with Crippen LogP contribution in [0.2, 0.25) is 0 Å². The zero-order chi connectivity index (χ0) is 20.4. The van der Waals surface area contributed by atoms with Crippen LogP contribution in [0.5, 0.6) is 0 Å². The van der Waals surface area contributed by atoms with Gasteiger partial charge in [0.1, 0.15) is 0 Å². The topological polar surface area (TPSA) is 108 Å². The third-order valence-electron chi connectivity index (χ3n) is 5.03. The Morgan fingerprint density at radius 1 is 1.10 bits per heavy atom. The standard InChI is InChI=1S/C21H20N4O4/c26-18(9-14-10-19(27)24-17-7-2-1-6-16(14)17)23-15-5-3-4-13(8-15)12-25-20(28)11-22-21(25)29/h1-8,14H,9-12H2,(H,22,29)(H,23,26)(H,24,27). The van der Waals surface area contributed by atoms with Crippen LogP contribution in [0, 0.1) is 0 Å². The molecule has 3 N–H and O–H groups in total. The van der Waals surface area contributed by atoms with Gasteiger partial charge in [-0.2, -0.15) is 0 Å². The van der Waals surface area contributed by atoms with E-state index in [1.54, 1.807) is 24.3 Å². The van der Waals surface area contributed by atoms with Crippen LogP contribution in [0.4, 0.5) is 16.2 Å². The summed E-state index contributed by atoms with van der Waals surface area (Å²) in [4.78, 5) is 49.1. The van der Waals surface area contributed by atoms with E-state index < -0.39 is 6.03 Å². The molecule has 0 aromatic heterocycles. The first-order valence-corrected chi connectivity index (χ1v) is 9.35. The Morgan fingerprint density at radius 3 is 2.72 bits per heavy atom. The monoisotopic (exact) mass is 392 g/mol. The highest BCUT2D eigenvalue weighted by atomic mass is 16.2. The van der Waals surface area contributed by atoms with Gasteiger partial charge in [-0.3, -0.25) is 19.3 Å². The van der Waals surface area contributed by atoms with Crippen molar-refractivity contribution in [2.45, 2.75) is 25.3 Å². The molecule has 0 saturated carbocycles. The number of para-hydroxylation sites is 1. The summed E-state index contributed by atoms with van der Waals surface area (Å²) in [7, 11) is 0. The molecule has 2 aromatic carbocycles. The zero-order valence-corrected chi connectivity index (χ0v) is 15.6. The summed E-state index contributed by atoms with van der Waals surface area (Å²) in [5, 5.41) is 8.15. The summed E-state index contributed by atoms with van der Waals surface area (Å²) in [6.07, 6.45) is 0.443. The molecule has 0 spiro atoms. The SMILES string of the molecule is O=C(CC1CC(=O)Nc2ccccc21)Nc1cccc(CN2C(=O)CNC2=O)c1. The molecular weight excluding hydrogens is 372 g/mol. The molecule has 1 atom stereocenters. The molecule has 5 amide bonds. The maximum Gasteiger partial charge on any atom is 0.324 e. The molecule has 1 saturated heterocycles. The number of hydrogen-bond acceptors (Lipinski definition) is 4. The summed E-state index contributed by atoms with van der Waals surface area (Å²) in [6.45, 7) is 0.149. The van der Waals surface area contributed by atoms with Gasteiger partial charge in [-0.25, -0.2) is 4.79 Å². The number of nitrogens with zero attached hydrogens (tertiary/aromatic N) is 1. The van der Waals surface area contributed by atoms with Crippen molar-refractivity contribution in [1.29, 1.82) is 0 Å². The van der Waals surface area contributed by atoms with Crippen LogP contribution >= 0.6 is 0 Å². The first-order valence-electron chi connectivity index (χ1n) is 9.35. The fraction of sp³-hybridized carbons (Fsp3) is 0.238. The van der Waals surface area contributed by atoms with Gasteiger partial charge in [0, 0.05) is 30.1 Å². The van der Waals surface area contributed by atoms with Crippen molar-refractivity contribution in [3.05, 3.63) is 59.7 Å². The van der Waals surface area contributed by atoms with Crippen molar-refractivity contribution >= 4 is 35.1 Å².